The smallest absolute Gasteiger partial charge is 0.348 e. The summed E-state index contributed by atoms with van der Waals surface area (Å²) in [5, 5.41) is 1.82. The molecule has 1 aliphatic carbocycles. The molecule has 3 N–H and O–H groups in total. The van der Waals surface area contributed by atoms with Gasteiger partial charge in [0.1, 0.15) is 0 Å². The molecule has 82 valence electrons. The normalized spacial score (nSPS) is 27.3. The zero-order chi connectivity index (χ0) is 10.9. The van der Waals surface area contributed by atoms with Crippen molar-refractivity contribution in [3.63, 3.8) is 0 Å². The number of carbonyl (C=O) groups excluding carboxylic acids is 1. The number of hydrogen-bond donors (Lipinski definition) is 2. The molecule has 0 atom stereocenters. The van der Waals surface area contributed by atoms with Crippen molar-refractivity contribution in [2.24, 2.45) is 5.73 Å². The molecule has 14 heavy (non-hydrogen) atoms. The highest BCUT2D eigenvalue weighted by Crippen LogP contribution is 2.25. The van der Waals surface area contributed by atoms with E-state index in [1.807, 2.05) is 5.32 Å². The van der Waals surface area contributed by atoms with Crippen molar-refractivity contribution in [2.45, 2.75) is 37.3 Å². The third-order valence-electron chi connectivity index (χ3n) is 2.09. The molecule has 0 spiro atoms. The number of halogens is 4. The van der Waals surface area contributed by atoms with Crippen LogP contribution in [0.25, 0.3) is 0 Å². The Bertz CT molecular complexity index is 228. The van der Waals surface area contributed by atoms with Crippen molar-refractivity contribution in [3.05, 3.63) is 0 Å². The second-order valence-electron chi connectivity index (χ2n) is 3.33. The van der Waals surface area contributed by atoms with Crippen molar-refractivity contribution in [1.29, 1.82) is 0 Å². The van der Waals surface area contributed by atoms with Gasteiger partial charge in [0.15, 0.2) is 0 Å². The Labute approximate surface area is 77.6 Å². The Balaban J connectivity index is 2.42. The van der Waals surface area contributed by atoms with Gasteiger partial charge in [0.25, 0.3) is 5.91 Å². The van der Waals surface area contributed by atoms with Crippen molar-refractivity contribution in [3.8, 4) is 0 Å². The van der Waals surface area contributed by atoms with E-state index in [1.54, 1.807) is 0 Å². The van der Waals surface area contributed by atoms with E-state index in [-0.39, 0.29) is 6.04 Å². The highest BCUT2D eigenvalue weighted by molar-refractivity contribution is 5.84. The van der Waals surface area contributed by atoms with Gasteiger partial charge in [-0.25, -0.2) is 8.78 Å². The molecule has 1 saturated carbocycles. The molecule has 0 aromatic rings. The van der Waals surface area contributed by atoms with Crippen LogP contribution in [0.15, 0.2) is 0 Å². The third kappa shape index (κ3) is 2.14. The Morgan fingerprint density at radius 2 is 1.93 bits per heavy atom. The van der Waals surface area contributed by atoms with Gasteiger partial charge in [-0.3, -0.25) is 4.79 Å². The Hall–Kier alpha value is -0.850. The lowest BCUT2D eigenvalue weighted by Crippen LogP contribution is -2.55. The van der Waals surface area contributed by atoms with Crippen LogP contribution in [0.1, 0.15) is 12.8 Å². The van der Waals surface area contributed by atoms with Crippen LogP contribution in [0, 0.1) is 0 Å². The standard InChI is InChI=1S/C7H10F4N2O/c8-5(9)7(10,11)6(14)13-4-1-3(12)2-4/h3-5H,1-2,12H2,(H,13,14). The van der Waals surface area contributed by atoms with E-state index in [1.165, 1.54) is 0 Å². The van der Waals surface area contributed by atoms with E-state index in [4.69, 9.17) is 5.73 Å². The summed E-state index contributed by atoms with van der Waals surface area (Å²) in [4.78, 5) is 10.6. The number of hydrogen-bond acceptors (Lipinski definition) is 2. The first kappa shape index (κ1) is 11.2. The minimum Gasteiger partial charge on any atom is -0.348 e. The Morgan fingerprint density at radius 1 is 1.43 bits per heavy atom. The van der Waals surface area contributed by atoms with Crippen LogP contribution in [0.4, 0.5) is 17.6 Å². The van der Waals surface area contributed by atoms with E-state index >= 15 is 0 Å². The predicted octanol–water partition coefficient (Wildman–Crippen LogP) is 0.493. The average molecular weight is 214 g/mol. The van der Waals surface area contributed by atoms with Gasteiger partial charge in [-0.05, 0) is 12.8 Å². The van der Waals surface area contributed by atoms with Crippen LogP contribution in [-0.2, 0) is 4.79 Å². The number of carbonyl (C=O) groups is 1. The summed E-state index contributed by atoms with van der Waals surface area (Å²) in [6.07, 6.45) is -3.27. The number of rotatable bonds is 3. The molecule has 1 fully saturated rings. The highest BCUT2D eigenvalue weighted by atomic mass is 19.3. The van der Waals surface area contributed by atoms with Crippen molar-refractivity contribution in [2.75, 3.05) is 0 Å². The average Bonchev–Trinajstić information content (AvgIpc) is 2.01. The monoisotopic (exact) mass is 214 g/mol. The summed E-state index contributed by atoms with van der Waals surface area (Å²) < 4.78 is 48.1. The van der Waals surface area contributed by atoms with Gasteiger partial charge in [-0.2, -0.15) is 8.78 Å². The van der Waals surface area contributed by atoms with E-state index in [0.29, 0.717) is 12.8 Å². The lowest BCUT2D eigenvalue weighted by Gasteiger charge is -2.33. The predicted molar refractivity (Wildman–Crippen MR) is 40.1 cm³/mol. The lowest BCUT2D eigenvalue weighted by atomic mass is 9.87. The first-order valence-corrected chi connectivity index (χ1v) is 4.06. The first-order chi connectivity index (χ1) is 6.34. The van der Waals surface area contributed by atoms with Crippen LogP contribution in [0.2, 0.25) is 0 Å². The molecule has 0 aromatic heterocycles. The number of alkyl halides is 4. The highest BCUT2D eigenvalue weighted by Gasteiger charge is 2.50. The largest absolute Gasteiger partial charge is 0.383 e. The maximum Gasteiger partial charge on any atom is 0.383 e. The van der Waals surface area contributed by atoms with Crippen LogP contribution < -0.4 is 11.1 Å². The molecule has 1 aliphatic rings. The summed E-state index contributed by atoms with van der Waals surface area (Å²) in [5.41, 5.74) is 5.33. The van der Waals surface area contributed by atoms with Gasteiger partial charge in [-0.1, -0.05) is 0 Å². The fraction of sp³-hybridized carbons (Fsp3) is 0.857. The van der Waals surface area contributed by atoms with Crippen molar-refractivity contribution < 1.29 is 22.4 Å². The molecule has 3 nitrogen and oxygen atoms in total. The minimum absolute atomic E-state index is 0.138. The molecule has 0 heterocycles. The molecule has 0 aromatic carbocycles. The number of amides is 1. The molecular weight excluding hydrogens is 204 g/mol. The van der Waals surface area contributed by atoms with E-state index in [9.17, 15) is 22.4 Å². The summed E-state index contributed by atoms with van der Waals surface area (Å²) in [6.45, 7) is 0. The quantitative estimate of drug-likeness (QED) is 0.672. The molecule has 1 rings (SSSR count). The van der Waals surface area contributed by atoms with Crippen LogP contribution in [0.3, 0.4) is 0 Å². The summed E-state index contributed by atoms with van der Waals surface area (Å²) >= 11 is 0. The van der Waals surface area contributed by atoms with E-state index < -0.39 is 24.3 Å². The summed E-state index contributed by atoms with van der Waals surface area (Å²) in [7, 11) is 0. The minimum atomic E-state index is -4.61. The molecule has 0 bridgehead atoms. The molecular formula is C7H10F4N2O. The van der Waals surface area contributed by atoms with Crippen molar-refractivity contribution in [1.82, 2.24) is 5.32 Å². The molecule has 7 heteroatoms. The molecule has 0 radical (unpaired) electrons. The molecule has 1 amide bonds. The molecule has 0 aliphatic heterocycles. The van der Waals surface area contributed by atoms with Crippen LogP contribution >= 0.6 is 0 Å². The van der Waals surface area contributed by atoms with Crippen LogP contribution in [-0.4, -0.2) is 30.3 Å². The second-order valence-corrected chi connectivity index (χ2v) is 3.33. The molecule has 0 saturated heterocycles. The Morgan fingerprint density at radius 3 is 2.29 bits per heavy atom. The first-order valence-electron chi connectivity index (χ1n) is 4.06. The summed E-state index contributed by atoms with van der Waals surface area (Å²) in [5.74, 6) is -6.54. The second kappa shape index (κ2) is 3.72. The van der Waals surface area contributed by atoms with Gasteiger partial charge in [0.05, 0.1) is 0 Å². The van der Waals surface area contributed by atoms with Crippen LogP contribution in [0.5, 0.6) is 0 Å². The van der Waals surface area contributed by atoms with E-state index in [2.05, 4.69) is 0 Å². The van der Waals surface area contributed by atoms with Gasteiger partial charge in [0.2, 0.25) is 0 Å². The summed E-state index contributed by atoms with van der Waals surface area (Å²) in [6, 6.07) is -0.636. The SMILES string of the molecule is NC1CC(NC(=O)C(F)(F)C(F)F)C1. The topological polar surface area (TPSA) is 55.1 Å². The fourth-order valence-electron chi connectivity index (χ4n) is 1.16. The van der Waals surface area contributed by atoms with Gasteiger partial charge < -0.3 is 11.1 Å². The third-order valence-corrected chi connectivity index (χ3v) is 2.09. The number of nitrogens with one attached hydrogen (secondary N) is 1. The van der Waals surface area contributed by atoms with Gasteiger partial charge >= 0.3 is 12.3 Å². The van der Waals surface area contributed by atoms with Gasteiger partial charge in [-0.15, -0.1) is 0 Å². The molecule has 0 unspecified atom stereocenters. The fourth-order valence-corrected chi connectivity index (χ4v) is 1.16. The lowest BCUT2D eigenvalue weighted by molar-refractivity contribution is -0.170. The van der Waals surface area contributed by atoms with E-state index in [0.717, 1.165) is 0 Å². The number of nitrogens with two attached hydrogens (primary N) is 1. The Kier molecular flexibility index (Phi) is 2.98. The van der Waals surface area contributed by atoms with Crippen molar-refractivity contribution >= 4 is 5.91 Å². The zero-order valence-corrected chi connectivity index (χ0v) is 7.14. The van der Waals surface area contributed by atoms with Gasteiger partial charge in [0, 0.05) is 12.1 Å². The maximum atomic E-state index is 12.4. The maximum absolute atomic E-state index is 12.4. The zero-order valence-electron chi connectivity index (χ0n) is 7.14.